The Morgan fingerprint density at radius 2 is 0.631 bits per heavy atom. The number of carbonyl (C=O) groups excluding carboxylic acids is 9. The van der Waals surface area contributed by atoms with E-state index in [9.17, 15) is 57.5 Å². The number of methoxy groups -OCH3 is 3. The second-order valence-corrected chi connectivity index (χ2v) is 18.9. The van der Waals surface area contributed by atoms with Crippen molar-refractivity contribution in [3.8, 4) is 0 Å². The molecular formula is C57H75N9O18. The van der Waals surface area contributed by atoms with Crippen molar-refractivity contribution in [2.45, 2.75) is 135 Å². The molecule has 27 heteroatoms. The first-order valence-corrected chi connectivity index (χ1v) is 27.4. The SMILES string of the molecule is COC(=O)[C@H](CCCCNC(=O)OCc1ccccc1)NC(=O)CCn1c(=O)n(CCC(=O)N[C@@H](CCCCNC(=O)OCc2ccccc2)C(=O)OC)c(=O)n(CCC(=O)N[C@@H](CCCCNC(=O)OCc2ccccc2)C(=O)OC)c1=O. The average molecular weight is 1170 g/mol. The number of amides is 6. The topological polar surface area (TPSA) is 347 Å². The maximum absolute atomic E-state index is 14.0. The average Bonchev–Trinajstić information content (AvgIpc) is 1.97. The molecule has 27 nitrogen and oxygen atoms in total. The molecule has 6 amide bonds. The Hall–Kier alpha value is -9.30. The van der Waals surface area contributed by atoms with E-state index >= 15 is 0 Å². The monoisotopic (exact) mass is 1170 g/mol. The number of hydrogen-bond donors (Lipinski definition) is 6. The summed E-state index contributed by atoms with van der Waals surface area (Å²) in [4.78, 5) is 157. The predicted octanol–water partition coefficient (Wildman–Crippen LogP) is 2.61. The van der Waals surface area contributed by atoms with Crippen LogP contribution < -0.4 is 49.0 Å². The Kier molecular flexibility index (Phi) is 30.1. The summed E-state index contributed by atoms with van der Waals surface area (Å²) in [5.41, 5.74) is -1.29. The van der Waals surface area contributed by atoms with Gasteiger partial charge in [-0.25, -0.2) is 56.9 Å². The molecule has 1 heterocycles. The summed E-state index contributed by atoms with van der Waals surface area (Å²) in [5.74, 6) is -4.80. The van der Waals surface area contributed by atoms with Gasteiger partial charge in [0.15, 0.2) is 0 Å². The van der Waals surface area contributed by atoms with Crippen LogP contribution in [0.5, 0.6) is 0 Å². The van der Waals surface area contributed by atoms with Crippen molar-refractivity contribution < 1.29 is 71.6 Å². The largest absolute Gasteiger partial charge is 0.467 e. The van der Waals surface area contributed by atoms with Crippen LogP contribution in [0.15, 0.2) is 105 Å². The van der Waals surface area contributed by atoms with E-state index in [0.29, 0.717) is 52.2 Å². The molecule has 3 aromatic carbocycles. The number of unbranched alkanes of at least 4 members (excludes halogenated alkanes) is 3. The number of rotatable bonds is 36. The summed E-state index contributed by atoms with van der Waals surface area (Å²) in [7, 11) is 3.35. The van der Waals surface area contributed by atoms with Crippen molar-refractivity contribution in [3.05, 3.63) is 139 Å². The van der Waals surface area contributed by atoms with Crippen molar-refractivity contribution in [1.82, 2.24) is 45.6 Å². The highest BCUT2D eigenvalue weighted by Gasteiger charge is 2.26. The van der Waals surface area contributed by atoms with E-state index in [0.717, 1.165) is 38.0 Å². The van der Waals surface area contributed by atoms with Crippen LogP contribution >= 0.6 is 0 Å². The highest BCUT2D eigenvalue weighted by molar-refractivity contribution is 5.85. The summed E-state index contributed by atoms with van der Waals surface area (Å²) >= 11 is 0. The van der Waals surface area contributed by atoms with E-state index in [-0.39, 0.29) is 58.7 Å². The van der Waals surface area contributed by atoms with Crippen molar-refractivity contribution in [2.24, 2.45) is 0 Å². The minimum atomic E-state index is -1.23. The van der Waals surface area contributed by atoms with Crippen LogP contribution in [0, 0.1) is 0 Å². The molecule has 1 aromatic heterocycles. The van der Waals surface area contributed by atoms with Crippen molar-refractivity contribution in [1.29, 1.82) is 0 Å². The molecule has 0 aliphatic rings. The van der Waals surface area contributed by atoms with E-state index in [1.165, 1.54) is 0 Å². The number of benzene rings is 3. The summed E-state index contributed by atoms with van der Waals surface area (Å²) in [6.07, 6.45) is -1.39. The molecule has 0 saturated carbocycles. The van der Waals surface area contributed by atoms with E-state index in [2.05, 4.69) is 31.9 Å². The number of esters is 3. The normalized spacial score (nSPS) is 11.8. The molecule has 6 N–H and O–H groups in total. The zero-order valence-electron chi connectivity index (χ0n) is 47.4. The second-order valence-electron chi connectivity index (χ2n) is 18.9. The third kappa shape index (κ3) is 24.8. The maximum atomic E-state index is 14.0. The first-order valence-electron chi connectivity index (χ1n) is 27.4. The van der Waals surface area contributed by atoms with E-state index in [4.69, 9.17) is 28.4 Å². The summed E-state index contributed by atoms with van der Waals surface area (Å²) in [5, 5.41) is 15.4. The molecule has 0 unspecified atom stereocenters. The van der Waals surface area contributed by atoms with Crippen LogP contribution in [0.25, 0.3) is 0 Å². The van der Waals surface area contributed by atoms with E-state index in [1.54, 1.807) is 36.4 Å². The maximum Gasteiger partial charge on any atom is 0.407 e. The van der Waals surface area contributed by atoms with Gasteiger partial charge in [0, 0.05) is 58.5 Å². The Bertz CT molecular complexity index is 2610. The minimum absolute atomic E-state index is 0.0655. The lowest BCUT2D eigenvalue weighted by molar-refractivity contribution is -0.145. The van der Waals surface area contributed by atoms with Gasteiger partial charge in [-0.1, -0.05) is 91.0 Å². The third-order valence-corrected chi connectivity index (χ3v) is 12.7. The Labute approximate surface area is 484 Å². The van der Waals surface area contributed by atoms with Crippen LogP contribution in [0.1, 0.15) is 93.7 Å². The van der Waals surface area contributed by atoms with Crippen molar-refractivity contribution >= 4 is 53.9 Å². The molecule has 0 aliphatic carbocycles. The fourth-order valence-corrected chi connectivity index (χ4v) is 8.18. The van der Waals surface area contributed by atoms with Gasteiger partial charge in [0.2, 0.25) is 17.7 Å². The molecule has 0 saturated heterocycles. The van der Waals surface area contributed by atoms with Crippen molar-refractivity contribution in [2.75, 3.05) is 41.0 Å². The summed E-state index contributed by atoms with van der Waals surface area (Å²) < 4.78 is 31.9. The molecule has 0 radical (unpaired) electrons. The fourth-order valence-electron chi connectivity index (χ4n) is 8.18. The first-order chi connectivity index (χ1) is 40.5. The van der Waals surface area contributed by atoms with E-state index < -0.39 is 128 Å². The standard InChI is InChI=1S/C57H75N9O18/c1-79-49(70)43(25-13-16-31-58-52(73)82-37-40-19-7-4-8-20-40)61-46(67)28-34-64-55(76)65(35-29-47(68)62-44(50(71)80-2)26-14-17-32-59-53(74)83-38-41-21-9-5-10-22-41)57(78)66(56(64)77)36-30-48(69)63-45(51(72)81-3)27-15-18-33-60-54(75)84-39-42-23-11-6-12-24-42/h4-12,19-24,43-45H,13-18,25-39H2,1-3H3,(H,58,73)(H,59,74)(H,60,75)(H,61,67)(H,62,68)(H,63,69)/t43-,44-,45-/m0/s1. The van der Waals surface area contributed by atoms with Crippen LogP contribution in [0.4, 0.5) is 14.4 Å². The smallest absolute Gasteiger partial charge is 0.407 e. The number of aromatic nitrogens is 3. The molecule has 4 rings (SSSR count). The minimum Gasteiger partial charge on any atom is -0.467 e. The van der Waals surface area contributed by atoms with Gasteiger partial charge in [0.1, 0.15) is 37.9 Å². The Morgan fingerprint density at radius 1 is 0.381 bits per heavy atom. The zero-order valence-corrected chi connectivity index (χ0v) is 47.4. The van der Waals surface area contributed by atoms with Crippen LogP contribution in [0.2, 0.25) is 0 Å². The summed E-state index contributed by atoms with van der Waals surface area (Å²) in [6.45, 7) is -1.21. The summed E-state index contributed by atoms with van der Waals surface area (Å²) in [6, 6.07) is 23.6. The molecule has 0 aliphatic heterocycles. The third-order valence-electron chi connectivity index (χ3n) is 12.7. The van der Waals surface area contributed by atoms with Crippen LogP contribution in [0.3, 0.4) is 0 Å². The predicted molar refractivity (Wildman–Crippen MR) is 300 cm³/mol. The Balaban J connectivity index is 1.41. The highest BCUT2D eigenvalue weighted by atomic mass is 16.6. The fraction of sp³-hybridized carbons (Fsp3) is 0.474. The van der Waals surface area contributed by atoms with Gasteiger partial charge >= 0.3 is 53.3 Å². The number of carbonyl (C=O) groups is 9. The number of nitrogens with one attached hydrogen (secondary N) is 6. The number of ether oxygens (including phenoxy) is 6. The van der Waals surface area contributed by atoms with Crippen LogP contribution in [-0.4, -0.2) is 127 Å². The van der Waals surface area contributed by atoms with Gasteiger partial charge in [0.25, 0.3) is 0 Å². The molecule has 456 valence electrons. The van der Waals surface area contributed by atoms with Gasteiger partial charge in [-0.3, -0.25) is 14.4 Å². The molecular weight excluding hydrogens is 1100 g/mol. The first kappa shape index (κ1) is 67.2. The molecule has 84 heavy (non-hydrogen) atoms. The molecule has 4 aromatic rings. The molecule has 0 fully saturated rings. The number of hydrogen-bond acceptors (Lipinski definition) is 18. The van der Waals surface area contributed by atoms with Crippen LogP contribution in [-0.2, 0) is 96.6 Å². The van der Waals surface area contributed by atoms with Gasteiger partial charge in [-0.05, 0) is 74.5 Å². The second kappa shape index (κ2) is 37.7. The lowest BCUT2D eigenvalue weighted by atomic mass is 10.1. The van der Waals surface area contributed by atoms with Gasteiger partial charge in [-0.15, -0.1) is 0 Å². The molecule has 0 spiro atoms. The van der Waals surface area contributed by atoms with Crippen molar-refractivity contribution in [3.63, 3.8) is 0 Å². The zero-order chi connectivity index (χ0) is 61.1. The lowest BCUT2D eigenvalue weighted by Gasteiger charge is -2.18. The molecule has 3 atom stereocenters. The van der Waals surface area contributed by atoms with Gasteiger partial charge < -0.3 is 60.3 Å². The number of nitrogens with zero attached hydrogens (tertiary/aromatic N) is 3. The highest BCUT2D eigenvalue weighted by Crippen LogP contribution is 2.09. The quantitative estimate of drug-likeness (QED) is 0.0216. The lowest BCUT2D eigenvalue weighted by Crippen LogP contribution is -2.55. The molecule has 0 bridgehead atoms. The van der Waals surface area contributed by atoms with E-state index in [1.807, 2.05) is 54.6 Å². The van der Waals surface area contributed by atoms with Gasteiger partial charge in [-0.2, -0.15) is 0 Å². The number of alkyl carbamates (subject to hydrolysis) is 3. The van der Waals surface area contributed by atoms with Gasteiger partial charge in [0.05, 0.1) is 21.3 Å². The Morgan fingerprint density at radius 3 is 0.869 bits per heavy atom.